The second-order valence-corrected chi connectivity index (χ2v) is 3.15. The molecule has 0 bridgehead atoms. The van der Waals surface area contributed by atoms with Crippen molar-refractivity contribution < 1.29 is 9.47 Å². The summed E-state index contributed by atoms with van der Waals surface area (Å²) in [6.45, 7) is 0. The molecule has 4 nitrogen and oxygen atoms in total. The normalized spacial score (nSPS) is 11.0. The minimum Gasteiger partial charge on any atom is -0.497 e. The number of hydrogen-bond acceptors (Lipinski definition) is 4. The fourth-order valence-electron chi connectivity index (χ4n) is 1.42. The van der Waals surface area contributed by atoms with Crippen LogP contribution in [0.25, 0.3) is 0 Å². The molecule has 1 atom stereocenters. The second kappa shape index (κ2) is 5.63. The van der Waals surface area contributed by atoms with Gasteiger partial charge >= 0.3 is 0 Å². The highest BCUT2D eigenvalue weighted by Crippen LogP contribution is 2.31. The van der Waals surface area contributed by atoms with Crippen LogP contribution in [0.2, 0.25) is 0 Å². The van der Waals surface area contributed by atoms with Gasteiger partial charge in [-0.25, -0.2) is 0 Å². The van der Waals surface area contributed by atoms with Gasteiger partial charge in [0.1, 0.15) is 11.5 Å². The summed E-state index contributed by atoms with van der Waals surface area (Å²) in [5.41, 5.74) is 0.715. The predicted molar refractivity (Wildman–Crippen MR) is 58.1 cm³/mol. The van der Waals surface area contributed by atoms with Crippen LogP contribution in [0.3, 0.4) is 0 Å². The lowest BCUT2D eigenvalue weighted by Gasteiger charge is -2.12. The van der Waals surface area contributed by atoms with E-state index in [-0.39, 0.29) is 6.42 Å². The first kappa shape index (κ1) is 11.9. The summed E-state index contributed by atoms with van der Waals surface area (Å²) in [6.07, 6.45) is 0.152. The van der Waals surface area contributed by atoms with Crippen LogP contribution in [0.15, 0.2) is 18.2 Å². The highest BCUT2D eigenvalue weighted by Gasteiger charge is 2.15. The minimum absolute atomic E-state index is 0.152. The molecule has 0 N–H and O–H groups in total. The topological polar surface area (TPSA) is 66.0 Å². The lowest BCUT2D eigenvalue weighted by molar-refractivity contribution is 0.390. The fraction of sp³-hybridized carbons (Fsp3) is 0.333. The zero-order valence-corrected chi connectivity index (χ0v) is 9.23. The minimum atomic E-state index is -0.467. The van der Waals surface area contributed by atoms with Crippen molar-refractivity contribution in [1.29, 1.82) is 10.5 Å². The summed E-state index contributed by atoms with van der Waals surface area (Å²) >= 11 is 0. The molecule has 0 amide bonds. The third kappa shape index (κ3) is 2.43. The van der Waals surface area contributed by atoms with Gasteiger partial charge in [0.05, 0.1) is 38.7 Å². The molecule has 0 saturated carbocycles. The maximum Gasteiger partial charge on any atom is 0.127 e. The highest BCUT2D eigenvalue weighted by atomic mass is 16.5. The molecule has 0 aliphatic heterocycles. The van der Waals surface area contributed by atoms with Crippen LogP contribution in [-0.4, -0.2) is 14.2 Å². The quantitative estimate of drug-likeness (QED) is 0.774. The number of nitrogens with zero attached hydrogens (tertiary/aromatic N) is 2. The van der Waals surface area contributed by atoms with Gasteiger partial charge in [0.25, 0.3) is 0 Å². The molecule has 0 aliphatic carbocycles. The zero-order valence-electron chi connectivity index (χ0n) is 9.23. The molecule has 1 aromatic rings. The van der Waals surface area contributed by atoms with Gasteiger partial charge in [0, 0.05) is 11.6 Å². The van der Waals surface area contributed by atoms with E-state index in [1.807, 2.05) is 6.07 Å². The van der Waals surface area contributed by atoms with Crippen molar-refractivity contribution in [3.05, 3.63) is 23.8 Å². The summed E-state index contributed by atoms with van der Waals surface area (Å²) in [5, 5.41) is 17.6. The first-order chi connectivity index (χ1) is 7.76. The molecule has 0 radical (unpaired) electrons. The molecule has 0 saturated heterocycles. The Balaban J connectivity index is 3.13. The summed E-state index contributed by atoms with van der Waals surface area (Å²) in [5.74, 6) is 0.765. The van der Waals surface area contributed by atoms with Gasteiger partial charge in [-0.15, -0.1) is 0 Å². The summed E-state index contributed by atoms with van der Waals surface area (Å²) in [4.78, 5) is 0. The van der Waals surface area contributed by atoms with E-state index in [1.54, 1.807) is 25.3 Å². The lowest BCUT2D eigenvalue weighted by atomic mass is 9.97. The van der Waals surface area contributed by atoms with Crippen LogP contribution in [0.5, 0.6) is 11.5 Å². The van der Waals surface area contributed by atoms with E-state index in [1.165, 1.54) is 7.11 Å². The van der Waals surface area contributed by atoms with Gasteiger partial charge in [0.2, 0.25) is 0 Å². The molecule has 0 spiro atoms. The summed E-state index contributed by atoms with van der Waals surface area (Å²) in [6, 6.07) is 9.28. The predicted octanol–water partition coefficient (Wildman–Crippen LogP) is 2.22. The number of rotatable bonds is 4. The molecule has 1 aromatic carbocycles. The van der Waals surface area contributed by atoms with Crippen molar-refractivity contribution in [3.63, 3.8) is 0 Å². The van der Waals surface area contributed by atoms with Crippen molar-refractivity contribution in [1.82, 2.24) is 0 Å². The fourth-order valence-corrected chi connectivity index (χ4v) is 1.42. The van der Waals surface area contributed by atoms with Crippen LogP contribution in [0.1, 0.15) is 17.9 Å². The first-order valence-corrected chi connectivity index (χ1v) is 4.75. The molecular formula is C12H12N2O2. The van der Waals surface area contributed by atoms with Crippen LogP contribution in [0.4, 0.5) is 0 Å². The van der Waals surface area contributed by atoms with E-state index < -0.39 is 5.92 Å². The lowest BCUT2D eigenvalue weighted by Crippen LogP contribution is -1.99. The number of methoxy groups -OCH3 is 2. The Morgan fingerprint density at radius 2 is 2.00 bits per heavy atom. The van der Waals surface area contributed by atoms with E-state index >= 15 is 0 Å². The average molecular weight is 216 g/mol. The Morgan fingerprint density at radius 1 is 1.25 bits per heavy atom. The van der Waals surface area contributed by atoms with Crippen LogP contribution in [0, 0.1) is 22.7 Å². The Morgan fingerprint density at radius 3 is 2.50 bits per heavy atom. The maximum atomic E-state index is 8.97. The third-order valence-electron chi connectivity index (χ3n) is 2.27. The van der Waals surface area contributed by atoms with Crippen molar-refractivity contribution in [3.8, 4) is 23.6 Å². The molecule has 82 valence electrons. The molecule has 1 unspecified atom stereocenters. The van der Waals surface area contributed by atoms with Crippen molar-refractivity contribution in [2.45, 2.75) is 12.3 Å². The molecule has 0 aliphatic rings. The standard InChI is InChI=1S/C12H12N2O2/c1-15-10-3-4-11(12(7-10)16-2)9(8-14)5-6-13/h3-4,7,9H,5H2,1-2H3. The third-order valence-corrected chi connectivity index (χ3v) is 2.27. The van der Waals surface area contributed by atoms with Crippen molar-refractivity contribution >= 4 is 0 Å². The van der Waals surface area contributed by atoms with E-state index in [9.17, 15) is 0 Å². The van der Waals surface area contributed by atoms with Gasteiger partial charge in [0.15, 0.2) is 0 Å². The number of nitriles is 2. The SMILES string of the molecule is COc1ccc(C(C#N)CC#N)c(OC)c1. The Bertz CT molecular complexity index is 443. The van der Waals surface area contributed by atoms with E-state index in [2.05, 4.69) is 6.07 Å². The van der Waals surface area contributed by atoms with Gasteiger partial charge in [-0.2, -0.15) is 10.5 Å². The van der Waals surface area contributed by atoms with Crippen molar-refractivity contribution in [2.75, 3.05) is 14.2 Å². The van der Waals surface area contributed by atoms with Gasteiger partial charge in [-0.05, 0) is 6.07 Å². The van der Waals surface area contributed by atoms with E-state index in [4.69, 9.17) is 20.0 Å². The Hall–Kier alpha value is -2.20. The maximum absolute atomic E-state index is 8.97. The van der Waals surface area contributed by atoms with Crippen LogP contribution in [-0.2, 0) is 0 Å². The van der Waals surface area contributed by atoms with Gasteiger partial charge in [-0.3, -0.25) is 0 Å². The molecular weight excluding hydrogens is 204 g/mol. The van der Waals surface area contributed by atoms with Crippen LogP contribution >= 0.6 is 0 Å². The number of ether oxygens (including phenoxy) is 2. The molecule has 0 fully saturated rings. The zero-order chi connectivity index (χ0) is 12.0. The smallest absolute Gasteiger partial charge is 0.127 e. The largest absolute Gasteiger partial charge is 0.497 e. The number of benzene rings is 1. The Kier molecular flexibility index (Phi) is 4.17. The van der Waals surface area contributed by atoms with E-state index in [0.717, 1.165) is 0 Å². The first-order valence-electron chi connectivity index (χ1n) is 4.75. The molecule has 16 heavy (non-hydrogen) atoms. The van der Waals surface area contributed by atoms with E-state index in [0.29, 0.717) is 17.1 Å². The average Bonchev–Trinajstić information content (AvgIpc) is 2.35. The molecule has 1 rings (SSSR count). The second-order valence-electron chi connectivity index (χ2n) is 3.15. The monoisotopic (exact) mass is 216 g/mol. The Labute approximate surface area is 94.6 Å². The number of hydrogen-bond donors (Lipinski definition) is 0. The van der Waals surface area contributed by atoms with Gasteiger partial charge in [-0.1, -0.05) is 6.07 Å². The molecule has 0 aromatic heterocycles. The summed E-state index contributed by atoms with van der Waals surface area (Å²) in [7, 11) is 3.09. The van der Waals surface area contributed by atoms with Crippen LogP contribution < -0.4 is 9.47 Å². The highest BCUT2D eigenvalue weighted by molar-refractivity contribution is 5.44. The molecule has 0 heterocycles. The van der Waals surface area contributed by atoms with Crippen molar-refractivity contribution in [2.24, 2.45) is 0 Å². The molecule has 4 heteroatoms. The summed E-state index contributed by atoms with van der Waals surface area (Å²) < 4.78 is 10.2. The van der Waals surface area contributed by atoms with Gasteiger partial charge < -0.3 is 9.47 Å².